The van der Waals surface area contributed by atoms with Crippen molar-refractivity contribution >= 4 is 16.9 Å². The number of methoxy groups -OCH3 is 1. The molecule has 0 aliphatic rings. The standard InChI is InChI=1S/C32H37N3O4/c1-3-12-25-18-19-29(30(23-25)37-2)38-22-10-9-21-35-28-16-8-7-15-27(28)34-31(35)17-11-20-33-32(36)24-39-26-13-5-4-6-14-26/h3-8,13-16,18-19,23H,1,9-12,17,20-22,24H2,2H3,(H,33,36). The van der Waals surface area contributed by atoms with Crippen molar-refractivity contribution in [2.75, 3.05) is 26.9 Å². The van der Waals surface area contributed by atoms with E-state index in [-0.39, 0.29) is 12.5 Å². The number of aromatic nitrogens is 2. The van der Waals surface area contributed by atoms with E-state index in [4.69, 9.17) is 19.2 Å². The SMILES string of the molecule is C=CCc1ccc(OCCCCn2c(CCCNC(=O)COc3ccccc3)nc3ccccc32)c(OC)c1. The molecule has 4 rings (SSSR count). The highest BCUT2D eigenvalue weighted by Gasteiger charge is 2.11. The Balaban J connectivity index is 1.24. The number of carbonyl (C=O) groups is 1. The number of hydrogen-bond acceptors (Lipinski definition) is 5. The van der Waals surface area contributed by atoms with Gasteiger partial charge in [-0.25, -0.2) is 4.98 Å². The van der Waals surface area contributed by atoms with Gasteiger partial charge in [-0.05, 0) is 67.6 Å². The van der Waals surface area contributed by atoms with Crippen LogP contribution in [0.3, 0.4) is 0 Å². The van der Waals surface area contributed by atoms with Gasteiger partial charge in [-0.1, -0.05) is 42.5 Å². The Morgan fingerprint density at radius 3 is 2.62 bits per heavy atom. The van der Waals surface area contributed by atoms with Crippen LogP contribution >= 0.6 is 0 Å². The van der Waals surface area contributed by atoms with Gasteiger partial charge in [0.25, 0.3) is 5.91 Å². The smallest absolute Gasteiger partial charge is 0.257 e. The third-order valence-electron chi connectivity index (χ3n) is 6.39. The Morgan fingerprint density at radius 1 is 0.974 bits per heavy atom. The number of unbranched alkanes of at least 4 members (excludes halogenated alkanes) is 1. The molecule has 1 aromatic heterocycles. The molecular weight excluding hydrogens is 490 g/mol. The number of benzene rings is 3. The maximum Gasteiger partial charge on any atom is 0.257 e. The lowest BCUT2D eigenvalue weighted by Crippen LogP contribution is -2.30. The largest absolute Gasteiger partial charge is 0.493 e. The molecule has 1 heterocycles. The summed E-state index contributed by atoms with van der Waals surface area (Å²) in [4.78, 5) is 17.0. The Hall–Kier alpha value is -4.26. The molecule has 204 valence electrons. The molecule has 0 unspecified atom stereocenters. The number of nitrogens with zero attached hydrogens (tertiary/aromatic N) is 2. The first kappa shape index (κ1) is 27.8. The molecule has 0 saturated heterocycles. The number of rotatable bonds is 16. The molecule has 39 heavy (non-hydrogen) atoms. The summed E-state index contributed by atoms with van der Waals surface area (Å²) in [5, 5.41) is 2.94. The van der Waals surface area contributed by atoms with E-state index in [1.54, 1.807) is 7.11 Å². The minimum absolute atomic E-state index is 0.00936. The zero-order valence-electron chi connectivity index (χ0n) is 22.6. The molecule has 0 atom stereocenters. The second-order valence-electron chi connectivity index (χ2n) is 9.26. The van der Waals surface area contributed by atoms with Crippen molar-refractivity contribution in [1.82, 2.24) is 14.9 Å². The second-order valence-corrected chi connectivity index (χ2v) is 9.26. The fourth-order valence-corrected chi connectivity index (χ4v) is 4.44. The fourth-order valence-electron chi connectivity index (χ4n) is 4.44. The average Bonchev–Trinajstić information content (AvgIpc) is 3.32. The lowest BCUT2D eigenvalue weighted by atomic mass is 10.1. The maximum atomic E-state index is 12.1. The molecule has 1 N–H and O–H groups in total. The van der Waals surface area contributed by atoms with E-state index in [1.165, 1.54) is 0 Å². The molecule has 0 aliphatic heterocycles. The van der Waals surface area contributed by atoms with Crippen LogP contribution in [-0.2, 0) is 24.2 Å². The summed E-state index contributed by atoms with van der Waals surface area (Å²) in [5.41, 5.74) is 3.27. The highest BCUT2D eigenvalue weighted by molar-refractivity contribution is 5.77. The zero-order valence-corrected chi connectivity index (χ0v) is 22.6. The number of nitrogens with one attached hydrogen (secondary N) is 1. The van der Waals surface area contributed by atoms with Crippen molar-refractivity contribution in [3.8, 4) is 17.2 Å². The molecule has 4 aromatic rings. The molecule has 0 spiro atoms. The Bertz CT molecular complexity index is 1350. The third-order valence-corrected chi connectivity index (χ3v) is 6.39. The van der Waals surface area contributed by atoms with Crippen LogP contribution in [-0.4, -0.2) is 42.3 Å². The van der Waals surface area contributed by atoms with Crippen LogP contribution in [0.1, 0.15) is 30.7 Å². The van der Waals surface area contributed by atoms with Crippen molar-refractivity contribution in [1.29, 1.82) is 0 Å². The van der Waals surface area contributed by atoms with Gasteiger partial charge in [-0.3, -0.25) is 4.79 Å². The average molecular weight is 528 g/mol. The van der Waals surface area contributed by atoms with E-state index in [1.807, 2.05) is 72.8 Å². The minimum Gasteiger partial charge on any atom is -0.493 e. The van der Waals surface area contributed by atoms with Crippen LogP contribution in [0.2, 0.25) is 0 Å². The molecule has 7 heteroatoms. The summed E-state index contributed by atoms with van der Waals surface area (Å²) in [6, 6.07) is 23.6. The molecule has 3 aromatic carbocycles. The topological polar surface area (TPSA) is 74.6 Å². The van der Waals surface area contributed by atoms with Gasteiger partial charge in [-0.15, -0.1) is 6.58 Å². The van der Waals surface area contributed by atoms with Gasteiger partial charge >= 0.3 is 0 Å². The van der Waals surface area contributed by atoms with Crippen molar-refractivity contribution < 1.29 is 19.0 Å². The monoisotopic (exact) mass is 527 g/mol. The number of fused-ring (bicyclic) bond motifs is 1. The van der Waals surface area contributed by atoms with Crippen LogP contribution < -0.4 is 19.5 Å². The van der Waals surface area contributed by atoms with E-state index < -0.39 is 0 Å². The zero-order chi connectivity index (χ0) is 27.3. The number of ether oxygens (including phenoxy) is 3. The number of imidazole rings is 1. The molecular formula is C32H37N3O4. The van der Waals surface area contributed by atoms with Crippen molar-refractivity contribution in [2.45, 2.75) is 38.6 Å². The van der Waals surface area contributed by atoms with Gasteiger partial charge in [0.15, 0.2) is 18.1 Å². The molecule has 0 aliphatic carbocycles. The van der Waals surface area contributed by atoms with E-state index in [0.29, 0.717) is 18.9 Å². The number of aryl methyl sites for hydroxylation is 2. The van der Waals surface area contributed by atoms with Crippen LogP contribution in [0, 0.1) is 0 Å². The predicted octanol–water partition coefficient (Wildman–Crippen LogP) is 5.76. The van der Waals surface area contributed by atoms with Gasteiger partial charge in [0.2, 0.25) is 0 Å². The highest BCUT2D eigenvalue weighted by Crippen LogP contribution is 2.28. The normalized spacial score (nSPS) is 10.8. The van der Waals surface area contributed by atoms with Gasteiger partial charge in [-0.2, -0.15) is 0 Å². The summed E-state index contributed by atoms with van der Waals surface area (Å²) in [6.07, 6.45) is 6.11. The lowest BCUT2D eigenvalue weighted by Gasteiger charge is -2.13. The fraction of sp³-hybridized carbons (Fsp3) is 0.312. The third kappa shape index (κ3) is 8.11. The number of carbonyl (C=O) groups excluding carboxylic acids is 1. The lowest BCUT2D eigenvalue weighted by molar-refractivity contribution is -0.123. The Kier molecular flexibility index (Phi) is 10.4. The Labute approximate surface area is 230 Å². The highest BCUT2D eigenvalue weighted by atomic mass is 16.5. The summed E-state index contributed by atoms with van der Waals surface area (Å²) < 4.78 is 19.3. The molecule has 0 radical (unpaired) electrons. The number of para-hydroxylation sites is 3. The van der Waals surface area contributed by atoms with Crippen LogP contribution in [0.25, 0.3) is 11.0 Å². The minimum atomic E-state index is -0.126. The van der Waals surface area contributed by atoms with Gasteiger partial charge in [0.05, 0.1) is 24.8 Å². The first-order chi connectivity index (χ1) is 19.2. The second kappa shape index (κ2) is 14.6. The number of allylic oxidation sites excluding steroid dienone is 1. The van der Waals surface area contributed by atoms with E-state index in [0.717, 1.165) is 72.6 Å². The van der Waals surface area contributed by atoms with Crippen molar-refractivity contribution in [3.63, 3.8) is 0 Å². The van der Waals surface area contributed by atoms with Crippen LogP contribution in [0.5, 0.6) is 17.2 Å². The maximum absolute atomic E-state index is 12.1. The molecule has 0 bridgehead atoms. The predicted molar refractivity (Wildman–Crippen MR) is 155 cm³/mol. The summed E-state index contributed by atoms with van der Waals surface area (Å²) in [7, 11) is 1.66. The Morgan fingerprint density at radius 2 is 1.79 bits per heavy atom. The van der Waals surface area contributed by atoms with Crippen LogP contribution in [0.4, 0.5) is 0 Å². The van der Waals surface area contributed by atoms with Crippen LogP contribution in [0.15, 0.2) is 85.5 Å². The summed E-state index contributed by atoms with van der Waals surface area (Å²) in [6.45, 7) is 5.83. The van der Waals surface area contributed by atoms with Crippen molar-refractivity contribution in [2.24, 2.45) is 0 Å². The van der Waals surface area contributed by atoms with Crippen molar-refractivity contribution in [3.05, 3.63) is 96.8 Å². The van der Waals surface area contributed by atoms with E-state index in [9.17, 15) is 4.79 Å². The van der Waals surface area contributed by atoms with Gasteiger partial charge in [0.1, 0.15) is 11.6 Å². The molecule has 0 fully saturated rings. The summed E-state index contributed by atoms with van der Waals surface area (Å²) >= 11 is 0. The van der Waals surface area contributed by atoms with E-state index >= 15 is 0 Å². The molecule has 1 amide bonds. The van der Waals surface area contributed by atoms with Gasteiger partial charge in [0, 0.05) is 19.5 Å². The molecule has 7 nitrogen and oxygen atoms in total. The van der Waals surface area contributed by atoms with E-state index in [2.05, 4.69) is 22.5 Å². The first-order valence-electron chi connectivity index (χ1n) is 13.5. The quantitative estimate of drug-likeness (QED) is 0.148. The first-order valence-corrected chi connectivity index (χ1v) is 13.5. The van der Waals surface area contributed by atoms with Gasteiger partial charge < -0.3 is 24.1 Å². The number of amides is 1. The summed E-state index contributed by atoms with van der Waals surface area (Å²) in [5.74, 6) is 3.10. The number of hydrogen-bond donors (Lipinski definition) is 1. The molecule has 0 saturated carbocycles.